The van der Waals surface area contributed by atoms with Crippen LogP contribution in [0.25, 0.3) is 0 Å². The summed E-state index contributed by atoms with van der Waals surface area (Å²) < 4.78 is 5.12. The summed E-state index contributed by atoms with van der Waals surface area (Å²) in [4.78, 5) is 22.7. The molecule has 0 amide bonds. The Morgan fingerprint density at radius 1 is 1.19 bits per heavy atom. The summed E-state index contributed by atoms with van der Waals surface area (Å²) in [6.45, 7) is 1.82. The zero-order chi connectivity index (χ0) is 12.0. The van der Waals surface area contributed by atoms with E-state index in [1.54, 1.807) is 0 Å². The molecule has 1 rings (SSSR count). The van der Waals surface area contributed by atoms with Crippen molar-refractivity contribution in [3.63, 3.8) is 0 Å². The van der Waals surface area contributed by atoms with E-state index in [9.17, 15) is 14.7 Å². The molecule has 0 aromatic heterocycles. The van der Waals surface area contributed by atoms with Crippen LogP contribution in [0.5, 0.6) is 0 Å². The molecule has 1 heterocycles. The summed E-state index contributed by atoms with van der Waals surface area (Å²) in [5, 5.41) is 9.52. The van der Waals surface area contributed by atoms with Crippen molar-refractivity contribution < 1.29 is 19.4 Å². The number of rotatable bonds is 0. The molecule has 1 fully saturated rings. The zero-order valence-corrected chi connectivity index (χ0v) is 9.78. The van der Waals surface area contributed by atoms with Crippen LogP contribution in [0.1, 0.15) is 51.9 Å². The number of carbonyl (C=O) groups is 2. The second-order valence-corrected chi connectivity index (χ2v) is 4.48. The van der Waals surface area contributed by atoms with Crippen LogP contribution in [0.15, 0.2) is 0 Å². The van der Waals surface area contributed by atoms with E-state index in [0.717, 1.165) is 6.42 Å². The minimum atomic E-state index is -0.674. The molecule has 2 atom stereocenters. The standard InChI is InChI=1S/C12H20O4/c1-9-4-2-5-10(13)6-3-7-11(14)8-12(15)16-9/h9,11,14H,2-8H2,1H3/t9-,11-/m1/s1. The monoisotopic (exact) mass is 228 g/mol. The predicted molar refractivity (Wildman–Crippen MR) is 58.9 cm³/mol. The Balaban J connectivity index is 2.47. The van der Waals surface area contributed by atoms with E-state index in [1.165, 1.54) is 0 Å². The minimum Gasteiger partial charge on any atom is -0.463 e. The first-order valence-electron chi connectivity index (χ1n) is 5.97. The molecule has 0 aliphatic carbocycles. The largest absolute Gasteiger partial charge is 0.463 e. The number of ether oxygens (including phenoxy) is 1. The second-order valence-electron chi connectivity index (χ2n) is 4.48. The van der Waals surface area contributed by atoms with Crippen molar-refractivity contribution in [3.8, 4) is 0 Å². The van der Waals surface area contributed by atoms with Crippen LogP contribution in [0, 0.1) is 0 Å². The molecule has 0 spiro atoms. The maximum Gasteiger partial charge on any atom is 0.308 e. The van der Waals surface area contributed by atoms with E-state index in [2.05, 4.69) is 0 Å². The number of ketones is 1. The maximum absolute atomic E-state index is 11.4. The Hall–Kier alpha value is -0.900. The fourth-order valence-corrected chi connectivity index (χ4v) is 1.87. The van der Waals surface area contributed by atoms with Crippen LogP contribution < -0.4 is 0 Å². The molecule has 16 heavy (non-hydrogen) atoms. The lowest BCUT2D eigenvalue weighted by molar-refractivity contribution is -0.150. The van der Waals surface area contributed by atoms with Gasteiger partial charge in [-0.2, -0.15) is 0 Å². The van der Waals surface area contributed by atoms with Gasteiger partial charge in [-0.1, -0.05) is 0 Å². The van der Waals surface area contributed by atoms with Crippen LogP contribution in [0.2, 0.25) is 0 Å². The lowest BCUT2D eigenvalue weighted by Crippen LogP contribution is -2.21. The molecule has 92 valence electrons. The van der Waals surface area contributed by atoms with Crippen LogP contribution in [-0.2, 0) is 14.3 Å². The van der Waals surface area contributed by atoms with Crippen molar-refractivity contribution in [2.45, 2.75) is 64.1 Å². The third kappa shape index (κ3) is 5.26. The van der Waals surface area contributed by atoms with Crippen LogP contribution in [-0.4, -0.2) is 29.1 Å². The topological polar surface area (TPSA) is 63.6 Å². The number of aliphatic hydroxyl groups is 1. The molecule has 0 radical (unpaired) electrons. The van der Waals surface area contributed by atoms with Crippen molar-refractivity contribution in [2.24, 2.45) is 0 Å². The van der Waals surface area contributed by atoms with Gasteiger partial charge in [0.2, 0.25) is 0 Å². The van der Waals surface area contributed by atoms with Gasteiger partial charge in [-0.15, -0.1) is 0 Å². The Bertz CT molecular complexity index is 227. The van der Waals surface area contributed by atoms with Crippen LogP contribution in [0.3, 0.4) is 0 Å². The number of hydrogen-bond donors (Lipinski definition) is 1. The molecule has 1 saturated heterocycles. The Kier molecular flexibility index (Phi) is 5.46. The molecule has 1 N–H and O–H groups in total. The molecular weight excluding hydrogens is 208 g/mol. The highest BCUT2D eigenvalue weighted by Crippen LogP contribution is 2.13. The van der Waals surface area contributed by atoms with E-state index in [0.29, 0.717) is 32.1 Å². The number of Topliss-reactive ketones (excluding diaryl/α,β-unsaturated/α-hetero) is 1. The first-order valence-corrected chi connectivity index (χ1v) is 5.97. The summed E-state index contributed by atoms with van der Waals surface area (Å²) in [5.41, 5.74) is 0. The van der Waals surface area contributed by atoms with Gasteiger partial charge in [0, 0.05) is 12.8 Å². The van der Waals surface area contributed by atoms with Crippen LogP contribution >= 0.6 is 0 Å². The number of carbonyl (C=O) groups excluding carboxylic acids is 2. The van der Waals surface area contributed by atoms with Gasteiger partial charge < -0.3 is 9.84 Å². The third-order valence-electron chi connectivity index (χ3n) is 2.79. The molecule has 0 aromatic carbocycles. The van der Waals surface area contributed by atoms with Gasteiger partial charge >= 0.3 is 5.97 Å². The molecule has 1 aliphatic rings. The highest BCUT2D eigenvalue weighted by atomic mass is 16.5. The van der Waals surface area contributed by atoms with E-state index >= 15 is 0 Å². The van der Waals surface area contributed by atoms with E-state index in [4.69, 9.17) is 4.74 Å². The fourth-order valence-electron chi connectivity index (χ4n) is 1.87. The first-order chi connectivity index (χ1) is 7.58. The van der Waals surface area contributed by atoms with Crippen molar-refractivity contribution in [1.29, 1.82) is 0 Å². The Morgan fingerprint density at radius 2 is 1.81 bits per heavy atom. The summed E-state index contributed by atoms with van der Waals surface area (Å²) >= 11 is 0. The first kappa shape index (κ1) is 13.2. The van der Waals surface area contributed by atoms with Gasteiger partial charge in [0.25, 0.3) is 0 Å². The van der Waals surface area contributed by atoms with E-state index in [1.807, 2.05) is 6.92 Å². The van der Waals surface area contributed by atoms with Gasteiger partial charge in [0.15, 0.2) is 0 Å². The molecule has 4 heteroatoms. The Labute approximate surface area is 96.0 Å². The normalized spacial score (nSPS) is 30.1. The number of esters is 1. The summed E-state index contributed by atoms with van der Waals surface area (Å²) in [6, 6.07) is 0. The zero-order valence-electron chi connectivity index (χ0n) is 9.78. The van der Waals surface area contributed by atoms with Crippen molar-refractivity contribution in [2.75, 3.05) is 0 Å². The van der Waals surface area contributed by atoms with Crippen molar-refractivity contribution >= 4 is 11.8 Å². The molecule has 1 aliphatic heterocycles. The third-order valence-corrected chi connectivity index (χ3v) is 2.79. The van der Waals surface area contributed by atoms with Gasteiger partial charge in [-0.25, -0.2) is 0 Å². The predicted octanol–water partition coefficient (Wildman–Crippen LogP) is 1.59. The quantitative estimate of drug-likeness (QED) is 0.639. The molecule has 0 aromatic rings. The lowest BCUT2D eigenvalue weighted by Gasteiger charge is -2.16. The molecule has 0 bridgehead atoms. The smallest absolute Gasteiger partial charge is 0.308 e. The maximum atomic E-state index is 11.4. The van der Waals surface area contributed by atoms with Gasteiger partial charge in [0.05, 0.1) is 18.6 Å². The fraction of sp³-hybridized carbons (Fsp3) is 0.833. The van der Waals surface area contributed by atoms with Crippen molar-refractivity contribution in [3.05, 3.63) is 0 Å². The van der Waals surface area contributed by atoms with Gasteiger partial charge in [-0.05, 0) is 32.6 Å². The SMILES string of the molecule is C[C@@H]1CCCC(=O)CCC[C@@H](O)CC(=O)O1. The molecule has 0 unspecified atom stereocenters. The summed E-state index contributed by atoms with van der Waals surface area (Å²) in [7, 11) is 0. The second kappa shape index (κ2) is 6.63. The summed E-state index contributed by atoms with van der Waals surface area (Å²) in [5.74, 6) is -0.0989. The van der Waals surface area contributed by atoms with E-state index < -0.39 is 6.10 Å². The highest BCUT2D eigenvalue weighted by Gasteiger charge is 2.16. The number of cyclic esters (lactones) is 1. The van der Waals surface area contributed by atoms with Crippen molar-refractivity contribution in [1.82, 2.24) is 0 Å². The lowest BCUT2D eigenvalue weighted by atomic mass is 10.0. The average Bonchev–Trinajstić information content (AvgIpc) is 2.15. The molecular formula is C12H20O4. The number of aliphatic hydroxyl groups excluding tert-OH is 1. The van der Waals surface area contributed by atoms with Crippen LogP contribution in [0.4, 0.5) is 0 Å². The van der Waals surface area contributed by atoms with Gasteiger partial charge in [-0.3, -0.25) is 9.59 Å². The number of hydrogen-bond acceptors (Lipinski definition) is 4. The molecule has 0 saturated carbocycles. The van der Waals surface area contributed by atoms with Gasteiger partial charge in [0.1, 0.15) is 5.78 Å². The summed E-state index contributed by atoms with van der Waals surface area (Å²) in [6.07, 6.45) is 2.91. The Morgan fingerprint density at radius 3 is 2.50 bits per heavy atom. The highest BCUT2D eigenvalue weighted by molar-refractivity contribution is 5.78. The molecule has 4 nitrogen and oxygen atoms in total. The minimum absolute atomic E-state index is 0.0402. The van der Waals surface area contributed by atoms with E-state index in [-0.39, 0.29) is 24.3 Å². The average molecular weight is 228 g/mol.